The number of Topliss-reactive ketones (excluding diaryl/α,β-unsaturated/α-hetero) is 1. The molecule has 0 unspecified atom stereocenters. The van der Waals surface area contributed by atoms with Crippen molar-refractivity contribution in [2.45, 2.75) is 51.5 Å². The molecule has 1 aromatic rings. The number of hydrogen-bond acceptors (Lipinski definition) is 3. The van der Waals surface area contributed by atoms with Crippen LogP contribution < -0.4 is 0 Å². The molecule has 130 valence electrons. The lowest BCUT2D eigenvalue weighted by Crippen LogP contribution is -2.05. The number of thioether (sulfide) groups is 1. The molecule has 0 saturated heterocycles. The van der Waals surface area contributed by atoms with Crippen LogP contribution in [0.3, 0.4) is 0 Å². The molecular formula is C18H20F3NOS. The maximum atomic E-state index is 12.7. The van der Waals surface area contributed by atoms with E-state index in [0.29, 0.717) is 12.0 Å². The second kappa shape index (κ2) is 9.53. The number of aryl methyl sites for hydroxylation is 1. The number of unbranched alkanes of at least 4 members (excludes halogenated alkanes) is 1. The molecule has 0 amide bonds. The van der Waals surface area contributed by atoms with Crippen molar-refractivity contribution in [3.05, 3.63) is 45.9 Å². The van der Waals surface area contributed by atoms with Gasteiger partial charge in [0, 0.05) is 22.5 Å². The van der Waals surface area contributed by atoms with Crippen LogP contribution in [0.4, 0.5) is 13.2 Å². The summed E-state index contributed by atoms with van der Waals surface area (Å²) in [6.45, 7) is 3.68. The van der Waals surface area contributed by atoms with Gasteiger partial charge in [0.2, 0.25) is 0 Å². The lowest BCUT2D eigenvalue weighted by molar-refractivity contribution is -0.0322. The SMILES string of the molecule is CCCC/C(SC(F)(F)F)=C(\C#N)CCC(=O)c1ccccc1C. The minimum Gasteiger partial charge on any atom is -0.294 e. The summed E-state index contributed by atoms with van der Waals surface area (Å²) >= 11 is -0.229. The number of carbonyl (C=O) groups excluding carboxylic acids is 1. The van der Waals surface area contributed by atoms with Crippen molar-refractivity contribution in [2.75, 3.05) is 0 Å². The van der Waals surface area contributed by atoms with E-state index in [2.05, 4.69) is 0 Å². The zero-order chi connectivity index (χ0) is 18.2. The van der Waals surface area contributed by atoms with Crippen LogP contribution in [0.1, 0.15) is 54.9 Å². The van der Waals surface area contributed by atoms with Gasteiger partial charge in [0.25, 0.3) is 0 Å². The molecule has 0 aliphatic heterocycles. The molecule has 2 nitrogen and oxygen atoms in total. The van der Waals surface area contributed by atoms with Crippen LogP contribution >= 0.6 is 11.8 Å². The van der Waals surface area contributed by atoms with Gasteiger partial charge in [-0.15, -0.1) is 0 Å². The Morgan fingerprint density at radius 1 is 1.21 bits per heavy atom. The quantitative estimate of drug-likeness (QED) is 0.413. The minimum absolute atomic E-state index is 0.0296. The van der Waals surface area contributed by atoms with Gasteiger partial charge in [-0.25, -0.2) is 0 Å². The maximum absolute atomic E-state index is 12.7. The molecule has 6 heteroatoms. The molecule has 0 saturated carbocycles. The van der Waals surface area contributed by atoms with E-state index < -0.39 is 5.51 Å². The first-order valence-electron chi connectivity index (χ1n) is 7.75. The van der Waals surface area contributed by atoms with Crippen LogP contribution in [0.5, 0.6) is 0 Å². The largest absolute Gasteiger partial charge is 0.446 e. The van der Waals surface area contributed by atoms with E-state index >= 15 is 0 Å². The smallest absolute Gasteiger partial charge is 0.294 e. The standard InChI is InChI=1S/C18H20F3NOS/c1-3-4-9-17(24-18(19,20)21)14(12-22)10-11-16(23)15-8-6-5-7-13(15)2/h5-8H,3-4,9-11H2,1-2H3/b17-14+. The Morgan fingerprint density at radius 2 is 1.88 bits per heavy atom. The van der Waals surface area contributed by atoms with Gasteiger partial charge in [-0.1, -0.05) is 37.6 Å². The first-order chi connectivity index (χ1) is 11.3. The molecule has 0 fully saturated rings. The fraction of sp³-hybridized carbons (Fsp3) is 0.444. The Labute approximate surface area is 144 Å². The topological polar surface area (TPSA) is 40.9 Å². The molecule has 0 aliphatic carbocycles. The van der Waals surface area contributed by atoms with E-state index in [1.165, 1.54) is 0 Å². The van der Waals surface area contributed by atoms with Gasteiger partial charge in [-0.3, -0.25) is 4.79 Å². The zero-order valence-electron chi connectivity index (χ0n) is 13.7. The van der Waals surface area contributed by atoms with Crippen LogP contribution in [0.25, 0.3) is 0 Å². The van der Waals surface area contributed by atoms with Gasteiger partial charge >= 0.3 is 5.51 Å². The number of nitriles is 1. The van der Waals surface area contributed by atoms with Crippen LogP contribution in [0.2, 0.25) is 0 Å². The number of hydrogen-bond donors (Lipinski definition) is 0. The molecule has 0 N–H and O–H groups in total. The number of benzene rings is 1. The van der Waals surface area contributed by atoms with Crippen molar-refractivity contribution < 1.29 is 18.0 Å². The summed E-state index contributed by atoms with van der Waals surface area (Å²) in [5.41, 5.74) is -2.99. The average molecular weight is 355 g/mol. The van der Waals surface area contributed by atoms with Crippen molar-refractivity contribution in [1.82, 2.24) is 0 Å². The zero-order valence-corrected chi connectivity index (χ0v) is 14.6. The van der Waals surface area contributed by atoms with E-state index in [0.717, 1.165) is 12.0 Å². The number of carbonyl (C=O) groups is 1. The van der Waals surface area contributed by atoms with Crippen molar-refractivity contribution >= 4 is 17.5 Å². The first kappa shape index (κ1) is 20.3. The fourth-order valence-electron chi connectivity index (χ4n) is 2.26. The Morgan fingerprint density at radius 3 is 2.42 bits per heavy atom. The molecule has 24 heavy (non-hydrogen) atoms. The highest BCUT2D eigenvalue weighted by atomic mass is 32.2. The van der Waals surface area contributed by atoms with Gasteiger partial charge in [-0.05, 0) is 43.5 Å². The van der Waals surface area contributed by atoms with Crippen molar-refractivity contribution in [3.63, 3.8) is 0 Å². The molecule has 0 bridgehead atoms. The lowest BCUT2D eigenvalue weighted by atomic mass is 9.99. The highest BCUT2D eigenvalue weighted by Crippen LogP contribution is 2.40. The number of halogens is 3. The normalized spacial score (nSPS) is 12.5. The molecule has 1 aromatic carbocycles. The number of rotatable bonds is 8. The van der Waals surface area contributed by atoms with Crippen molar-refractivity contribution in [1.29, 1.82) is 5.26 Å². The molecule has 0 atom stereocenters. The third-order valence-corrected chi connectivity index (χ3v) is 4.44. The van der Waals surface area contributed by atoms with Crippen LogP contribution in [-0.2, 0) is 0 Å². The van der Waals surface area contributed by atoms with E-state index in [9.17, 15) is 23.2 Å². The second-order valence-electron chi connectivity index (χ2n) is 5.40. The van der Waals surface area contributed by atoms with Crippen LogP contribution in [-0.4, -0.2) is 11.3 Å². The average Bonchev–Trinajstić information content (AvgIpc) is 2.51. The van der Waals surface area contributed by atoms with E-state index in [1.807, 2.05) is 19.1 Å². The number of ketones is 1. The van der Waals surface area contributed by atoms with Crippen LogP contribution in [0.15, 0.2) is 34.7 Å². The summed E-state index contributed by atoms with van der Waals surface area (Å²) < 4.78 is 38.1. The predicted octanol–water partition coefficient (Wildman–Crippen LogP) is 6.18. The number of alkyl halides is 3. The van der Waals surface area contributed by atoms with Gasteiger partial charge in [0.15, 0.2) is 5.78 Å². The summed E-state index contributed by atoms with van der Waals surface area (Å²) in [4.78, 5) is 12.3. The Balaban J connectivity index is 2.90. The monoisotopic (exact) mass is 355 g/mol. The molecule has 0 spiro atoms. The summed E-state index contributed by atoms with van der Waals surface area (Å²) in [6.07, 6.45) is 1.59. The minimum atomic E-state index is -4.43. The van der Waals surface area contributed by atoms with Gasteiger partial charge < -0.3 is 0 Å². The Hall–Kier alpha value is -1.74. The molecular weight excluding hydrogens is 335 g/mol. The molecule has 1 rings (SSSR count). The Kier molecular flexibility index (Phi) is 8.06. The molecule has 0 radical (unpaired) electrons. The van der Waals surface area contributed by atoms with Crippen LogP contribution in [0, 0.1) is 18.3 Å². The third kappa shape index (κ3) is 6.79. The second-order valence-corrected chi connectivity index (χ2v) is 6.56. The highest BCUT2D eigenvalue weighted by molar-refractivity contribution is 8.03. The fourth-order valence-corrected chi connectivity index (χ4v) is 3.05. The summed E-state index contributed by atoms with van der Waals surface area (Å²) in [5, 5.41) is 9.23. The Bertz CT molecular complexity index is 644. The third-order valence-electron chi connectivity index (χ3n) is 3.52. The van der Waals surface area contributed by atoms with Gasteiger partial charge in [0.1, 0.15) is 0 Å². The molecule has 0 heterocycles. The van der Waals surface area contributed by atoms with E-state index in [-0.39, 0.29) is 47.3 Å². The van der Waals surface area contributed by atoms with E-state index in [4.69, 9.17) is 0 Å². The molecule has 0 aromatic heterocycles. The van der Waals surface area contributed by atoms with E-state index in [1.54, 1.807) is 25.1 Å². The highest BCUT2D eigenvalue weighted by Gasteiger charge is 2.31. The predicted molar refractivity (Wildman–Crippen MR) is 90.6 cm³/mol. The summed E-state index contributed by atoms with van der Waals surface area (Å²) in [5.74, 6) is -0.160. The van der Waals surface area contributed by atoms with Crippen molar-refractivity contribution in [3.8, 4) is 6.07 Å². The molecule has 0 aliphatic rings. The summed E-state index contributed by atoms with van der Waals surface area (Å²) in [6, 6.07) is 8.92. The summed E-state index contributed by atoms with van der Waals surface area (Å²) in [7, 11) is 0. The van der Waals surface area contributed by atoms with Gasteiger partial charge in [-0.2, -0.15) is 18.4 Å². The number of allylic oxidation sites excluding steroid dienone is 2. The maximum Gasteiger partial charge on any atom is 0.446 e. The number of nitrogens with zero attached hydrogens (tertiary/aromatic N) is 1. The lowest BCUT2D eigenvalue weighted by Gasteiger charge is -2.12. The van der Waals surface area contributed by atoms with Gasteiger partial charge in [0.05, 0.1) is 6.07 Å². The first-order valence-corrected chi connectivity index (χ1v) is 8.56. The van der Waals surface area contributed by atoms with Crippen molar-refractivity contribution in [2.24, 2.45) is 0 Å².